The molecule has 1 unspecified atom stereocenters. The zero-order valence-corrected chi connectivity index (χ0v) is 11.1. The molecule has 0 saturated heterocycles. The number of rotatable bonds is 4. The van der Waals surface area contributed by atoms with Crippen molar-refractivity contribution in [1.29, 1.82) is 0 Å². The van der Waals surface area contributed by atoms with Gasteiger partial charge in [-0.05, 0) is 37.6 Å². The molecule has 0 amide bonds. The van der Waals surface area contributed by atoms with Gasteiger partial charge < -0.3 is 10.2 Å². The van der Waals surface area contributed by atoms with Gasteiger partial charge in [0.2, 0.25) is 0 Å². The quantitative estimate of drug-likeness (QED) is 0.823. The third-order valence-electron chi connectivity index (χ3n) is 3.38. The van der Waals surface area contributed by atoms with E-state index >= 15 is 0 Å². The maximum Gasteiger partial charge on any atom is 0.146 e. The van der Waals surface area contributed by atoms with Gasteiger partial charge in [0.05, 0.1) is 5.69 Å². The number of hydrogen-bond donors (Lipinski definition) is 1. The predicted octanol–water partition coefficient (Wildman–Crippen LogP) is 3.26. The Hall–Kier alpha value is -1.35. The first-order chi connectivity index (χ1) is 8.72. The number of hydrogen-bond acceptors (Lipinski definition) is 2. The smallest absolute Gasteiger partial charge is 0.146 e. The van der Waals surface area contributed by atoms with Crippen LogP contribution in [0.3, 0.4) is 0 Å². The van der Waals surface area contributed by atoms with Gasteiger partial charge in [0.1, 0.15) is 5.82 Å². The minimum absolute atomic E-state index is 0.118. The van der Waals surface area contributed by atoms with E-state index in [0.29, 0.717) is 5.69 Å². The highest BCUT2D eigenvalue weighted by Crippen LogP contribution is 2.24. The van der Waals surface area contributed by atoms with Gasteiger partial charge in [-0.2, -0.15) is 0 Å². The van der Waals surface area contributed by atoms with Crippen LogP contribution in [-0.4, -0.2) is 19.6 Å². The molecule has 1 atom stereocenters. The standard InChI is InChI=1S/C15H21FN2/c1-3-17-12(2)13-7-8-15(14(16)11-13)18-9-5-4-6-10-18/h4-5,7-8,11-12,17H,3,6,9-10H2,1-2H3. The first-order valence-electron chi connectivity index (χ1n) is 6.65. The fourth-order valence-electron chi connectivity index (χ4n) is 2.33. The summed E-state index contributed by atoms with van der Waals surface area (Å²) in [4.78, 5) is 2.08. The van der Waals surface area contributed by atoms with E-state index in [9.17, 15) is 4.39 Å². The van der Waals surface area contributed by atoms with E-state index in [2.05, 4.69) is 36.2 Å². The molecular weight excluding hydrogens is 227 g/mol. The molecule has 0 radical (unpaired) electrons. The van der Waals surface area contributed by atoms with Gasteiger partial charge in [0.15, 0.2) is 0 Å². The summed E-state index contributed by atoms with van der Waals surface area (Å²) >= 11 is 0. The number of nitrogens with one attached hydrogen (secondary N) is 1. The Balaban J connectivity index is 2.16. The number of nitrogens with zero attached hydrogens (tertiary/aromatic N) is 1. The van der Waals surface area contributed by atoms with Crippen molar-refractivity contribution >= 4 is 5.69 Å². The first-order valence-corrected chi connectivity index (χ1v) is 6.65. The third kappa shape index (κ3) is 2.91. The molecule has 3 heteroatoms. The fourth-order valence-corrected chi connectivity index (χ4v) is 2.33. The van der Waals surface area contributed by atoms with E-state index in [1.54, 1.807) is 6.07 Å². The van der Waals surface area contributed by atoms with Crippen molar-refractivity contribution in [1.82, 2.24) is 5.32 Å². The average Bonchev–Trinajstić information content (AvgIpc) is 2.40. The molecule has 1 aromatic carbocycles. The third-order valence-corrected chi connectivity index (χ3v) is 3.38. The Morgan fingerprint density at radius 3 is 2.83 bits per heavy atom. The molecule has 0 aromatic heterocycles. The lowest BCUT2D eigenvalue weighted by Gasteiger charge is -2.26. The van der Waals surface area contributed by atoms with Crippen LogP contribution < -0.4 is 10.2 Å². The molecule has 18 heavy (non-hydrogen) atoms. The van der Waals surface area contributed by atoms with E-state index in [1.807, 2.05) is 12.1 Å². The molecule has 1 aliphatic rings. The molecule has 2 nitrogen and oxygen atoms in total. The molecular formula is C15H21FN2. The predicted molar refractivity (Wildman–Crippen MR) is 74.5 cm³/mol. The lowest BCUT2D eigenvalue weighted by Crippen LogP contribution is -2.27. The van der Waals surface area contributed by atoms with Crippen molar-refractivity contribution in [2.24, 2.45) is 0 Å². The molecule has 0 aliphatic carbocycles. The Kier molecular flexibility index (Phi) is 4.37. The molecule has 0 fully saturated rings. The Morgan fingerprint density at radius 1 is 1.39 bits per heavy atom. The van der Waals surface area contributed by atoms with Crippen molar-refractivity contribution in [3.63, 3.8) is 0 Å². The molecule has 1 aromatic rings. The van der Waals surface area contributed by atoms with E-state index in [0.717, 1.165) is 31.6 Å². The number of halogens is 1. The first kappa shape index (κ1) is 13.1. The number of anilines is 1. The van der Waals surface area contributed by atoms with Gasteiger partial charge in [0, 0.05) is 19.1 Å². The second-order valence-corrected chi connectivity index (χ2v) is 4.70. The molecule has 1 heterocycles. The largest absolute Gasteiger partial charge is 0.365 e. The zero-order valence-electron chi connectivity index (χ0n) is 11.1. The van der Waals surface area contributed by atoms with Gasteiger partial charge in [-0.15, -0.1) is 0 Å². The lowest BCUT2D eigenvalue weighted by atomic mass is 10.1. The monoisotopic (exact) mass is 248 g/mol. The molecule has 1 aliphatic heterocycles. The number of benzene rings is 1. The summed E-state index contributed by atoms with van der Waals surface area (Å²) in [6, 6.07) is 5.77. The van der Waals surface area contributed by atoms with Gasteiger partial charge in [0.25, 0.3) is 0 Å². The van der Waals surface area contributed by atoms with Crippen molar-refractivity contribution in [2.45, 2.75) is 26.3 Å². The molecule has 98 valence electrons. The summed E-state index contributed by atoms with van der Waals surface area (Å²) in [7, 11) is 0. The molecule has 2 rings (SSSR count). The van der Waals surface area contributed by atoms with Crippen LogP contribution in [0, 0.1) is 5.82 Å². The van der Waals surface area contributed by atoms with Crippen LogP contribution in [0.25, 0.3) is 0 Å². The maximum atomic E-state index is 14.1. The summed E-state index contributed by atoms with van der Waals surface area (Å²) in [6.45, 7) is 6.71. The van der Waals surface area contributed by atoms with Crippen molar-refractivity contribution in [2.75, 3.05) is 24.5 Å². The molecule has 0 spiro atoms. The van der Waals surface area contributed by atoms with Crippen molar-refractivity contribution < 1.29 is 4.39 Å². The summed E-state index contributed by atoms with van der Waals surface area (Å²) < 4.78 is 14.1. The highest BCUT2D eigenvalue weighted by Gasteiger charge is 2.14. The zero-order chi connectivity index (χ0) is 13.0. The van der Waals surface area contributed by atoms with E-state index < -0.39 is 0 Å². The van der Waals surface area contributed by atoms with Crippen LogP contribution >= 0.6 is 0 Å². The Morgan fingerprint density at radius 2 is 2.22 bits per heavy atom. The highest BCUT2D eigenvalue weighted by molar-refractivity contribution is 5.50. The van der Waals surface area contributed by atoms with Crippen LogP contribution in [0.1, 0.15) is 31.9 Å². The highest BCUT2D eigenvalue weighted by atomic mass is 19.1. The van der Waals surface area contributed by atoms with E-state index in [1.165, 1.54) is 0 Å². The lowest BCUT2D eigenvalue weighted by molar-refractivity contribution is 0.580. The van der Waals surface area contributed by atoms with Gasteiger partial charge in [-0.3, -0.25) is 0 Å². The van der Waals surface area contributed by atoms with Gasteiger partial charge >= 0.3 is 0 Å². The van der Waals surface area contributed by atoms with Crippen LogP contribution in [0.2, 0.25) is 0 Å². The minimum atomic E-state index is -0.118. The van der Waals surface area contributed by atoms with Crippen LogP contribution in [0.15, 0.2) is 30.4 Å². The average molecular weight is 248 g/mol. The Labute approximate surface area is 108 Å². The van der Waals surface area contributed by atoms with Crippen LogP contribution in [-0.2, 0) is 0 Å². The summed E-state index contributed by atoms with van der Waals surface area (Å²) in [5, 5.41) is 3.30. The normalized spacial score (nSPS) is 16.9. The summed E-state index contributed by atoms with van der Waals surface area (Å²) in [5.41, 5.74) is 1.72. The maximum absolute atomic E-state index is 14.1. The summed E-state index contributed by atoms with van der Waals surface area (Å²) in [5.74, 6) is -0.118. The second kappa shape index (κ2) is 6.01. The second-order valence-electron chi connectivity index (χ2n) is 4.70. The minimum Gasteiger partial charge on any atom is -0.365 e. The van der Waals surface area contributed by atoms with Gasteiger partial charge in [-0.1, -0.05) is 25.1 Å². The van der Waals surface area contributed by atoms with Gasteiger partial charge in [-0.25, -0.2) is 4.39 Å². The SMILES string of the molecule is CCNC(C)c1ccc(N2CC=CCC2)c(F)c1. The Bertz CT molecular complexity index is 429. The summed E-state index contributed by atoms with van der Waals surface area (Å²) in [6.07, 6.45) is 5.24. The van der Waals surface area contributed by atoms with Crippen molar-refractivity contribution in [3.05, 3.63) is 41.7 Å². The van der Waals surface area contributed by atoms with E-state index in [-0.39, 0.29) is 11.9 Å². The van der Waals surface area contributed by atoms with Crippen LogP contribution in [0.4, 0.5) is 10.1 Å². The topological polar surface area (TPSA) is 15.3 Å². The molecule has 1 N–H and O–H groups in total. The fraction of sp³-hybridized carbons (Fsp3) is 0.467. The van der Waals surface area contributed by atoms with Crippen LogP contribution in [0.5, 0.6) is 0 Å². The van der Waals surface area contributed by atoms with Crippen molar-refractivity contribution in [3.8, 4) is 0 Å². The molecule has 0 bridgehead atoms. The molecule has 0 saturated carbocycles. The van der Waals surface area contributed by atoms with E-state index in [4.69, 9.17) is 0 Å².